The number of aliphatic hydroxyl groups is 1. The second kappa shape index (κ2) is 4.19. The van der Waals surface area contributed by atoms with Gasteiger partial charge in [-0.3, -0.25) is 4.79 Å². The fourth-order valence-corrected chi connectivity index (χ4v) is 1.90. The summed E-state index contributed by atoms with van der Waals surface area (Å²) in [4.78, 5) is 15.6. The summed E-state index contributed by atoms with van der Waals surface area (Å²) in [7, 11) is 0. The Kier molecular flexibility index (Phi) is 2.89. The summed E-state index contributed by atoms with van der Waals surface area (Å²) >= 11 is 0. The molecule has 5 heteroatoms. The summed E-state index contributed by atoms with van der Waals surface area (Å²) < 4.78 is 5.45. The number of ketones is 1. The van der Waals surface area contributed by atoms with Crippen molar-refractivity contribution in [2.75, 3.05) is 12.3 Å². The lowest BCUT2D eigenvalue weighted by atomic mass is 10.0. The van der Waals surface area contributed by atoms with Crippen molar-refractivity contribution in [3.63, 3.8) is 0 Å². The summed E-state index contributed by atoms with van der Waals surface area (Å²) in [5.74, 6) is 0.382. The van der Waals surface area contributed by atoms with Crippen molar-refractivity contribution >= 4 is 11.6 Å². The highest BCUT2D eigenvalue weighted by atomic mass is 16.5. The molecule has 1 saturated heterocycles. The molecule has 2 rings (SSSR count). The van der Waals surface area contributed by atoms with Crippen molar-refractivity contribution in [2.24, 2.45) is 0 Å². The fraction of sp³-hybridized carbons (Fsp3) is 0.455. The van der Waals surface area contributed by atoms with E-state index in [4.69, 9.17) is 15.6 Å². The Balaban J connectivity index is 2.23. The Morgan fingerprint density at radius 3 is 2.94 bits per heavy atom. The van der Waals surface area contributed by atoms with Crippen molar-refractivity contribution in [1.29, 1.82) is 0 Å². The third kappa shape index (κ3) is 1.91. The van der Waals surface area contributed by atoms with Gasteiger partial charge in [0.15, 0.2) is 5.78 Å². The van der Waals surface area contributed by atoms with Gasteiger partial charge in [-0.05, 0) is 13.0 Å². The largest absolute Gasteiger partial charge is 0.393 e. The first kappa shape index (κ1) is 11.0. The van der Waals surface area contributed by atoms with E-state index in [-0.39, 0.29) is 24.9 Å². The van der Waals surface area contributed by atoms with Gasteiger partial charge in [-0.25, -0.2) is 4.98 Å². The third-order valence-electron chi connectivity index (χ3n) is 2.74. The zero-order valence-electron chi connectivity index (χ0n) is 9.01. The summed E-state index contributed by atoms with van der Waals surface area (Å²) in [6.07, 6.45) is -0.711. The molecule has 2 heterocycles. The number of ether oxygens (including phenoxy) is 1. The van der Waals surface area contributed by atoms with Gasteiger partial charge >= 0.3 is 0 Å². The van der Waals surface area contributed by atoms with Crippen LogP contribution in [0.15, 0.2) is 12.1 Å². The molecule has 0 spiro atoms. The van der Waals surface area contributed by atoms with E-state index in [0.717, 1.165) is 11.3 Å². The molecular formula is C11H14N2O3. The van der Waals surface area contributed by atoms with Crippen LogP contribution in [-0.2, 0) is 9.53 Å². The molecule has 0 unspecified atom stereocenters. The number of rotatable bonds is 2. The van der Waals surface area contributed by atoms with Gasteiger partial charge in [-0.2, -0.15) is 0 Å². The van der Waals surface area contributed by atoms with Crippen LogP contribution < -0.4 is 5.73 Å². The van der Waals surface area contributed by atoms with Gasteiger partial charge in [0.05, 0.1) is 12.7 Å². The van der Waals surface area contributed by atoms with Crippen LogP contribution in [0.2, 0.25) is 0 Å². The van der Waals surface area contributed by atoms with Crippen LogP contribution >= 0.6 is 0 Å². The molecule has 0 radical (unpaired) electrons. The number of anilines is 1. The van der Waals surface area contributed by atoms with Gasteiger partial charge in [0.2, 0.25) is 0 Å². The summed E-state index contributed by atoms with van der Waals surface area (Å²) in [6, 6.07) is 3.50. The molecule has 1 aromatic rings. The highest BCUT2D eigenvalue weighted by molar-refractivity contribution is 5.85. The SMILES string of the molecule is Cc1nc(N)ccc1[C@H]1CC(=O)[C@@H](CO)O1. The fourth-order valence-electron chi connectivity index (χ4n) is 1.90. The predicted octanol–water partition coefficient (Wildman–Crippen LogP) is 0.364. The number of pyridine rings is 1. The molecule has 1 aromatic heterocycles. The van der Waals surface area contributed by atoms with Crippen molar-refractivity contribution in [3.05, 3.63) is 23.4 Å². The topological polar surface area (TPSA) is 85.4 Å². The Morgan fingerprint density at radius 2 is 2.38 bits per heavy atom. The van der Waals surface area contributed by atoms with E-state index in [1.165, 1.54) is 0 Å². The number of aliphatic hydroxyl groups excluding tert-OH is 1. The molecule has 5 nitrogen and oxygen atoms in total. The molecule has 0 saturated carbocycles. The molecular weight excluding hydrogens is 208 g/mol. The highest BCUT2D eigenvalue weighted by Gasteiger charge is 2.34. The smallest absolute Gasteiger partial charge is 0.166 e. The van der Waals surface area contributed by atoms with E-state index in [1.54, 1.807) is 6.07 Å². The van der Waals surface area contributed by atoms with Crippen molar-refractivity contribution in [1.82, 2.24) is 4.98 Å². The molecule has 0 aliphatic carbocycles. The van der Waals surface area contributed by atoms with Crippen LogP contribution in [0, 0.1) is 6.92 Å². The minimum Gasteiger partial charge on any atom is -0.393 e. The van der Waals surface area contributed by atoms with Crippen LogP contribution in [0.3, 0.4) is 0 Å². The predicted molar refractivity (Wildman–Crippen MR) is 57.7 cm³/mol. The Hall–Kier alpha value is -1.46. The number of hydrogen-bond acceptors (Lipinski definition) is 5. The molecule has 86 valence electrons. The number of carbonyl (C=O) groups is 1. The van der Waals surface area contributed by atoms with Gasteiger partial charge < -0.3 is 15.6 Å². The Bertz CT molecular complexity index is 420. The van der Waals surface area contributed by atoms with E-state index in [0.29, 0.717) is 5.82 Å². The van der Waals surface area contributed by atoms with Crippen molar-refractivity contribution in [2.45, 2.75) is 25.6 Å². The standard InChI is InChI=1S/C11H14N2O3/c1-6-7(2-3-11(12)13-6)9-4-8(15)10(5-14)16-9/h2-3,9-10,14H,4-5H2,1H3,(H2,12,13)/t9-,10-/m1/s1. The van der Waals surface area contributed by atoms with Crippen LogP contribution in [0.5, 0.6) is 0 Å². The van der Waals surface area contributed by atoms with E-state index in [2.05, 4.69) is 4.98 Å². The number of Topliss-reactive ketones (excluding diaryl/α,β-unsaturated/α-hetero) is 1. The molecule has 16 heavy (non-hydrogen) atoms. The number of nitrogen functional groups attached to an aromatic ring is 1. The maximum absolute atomic E-state index is 11.4. The first-order valence-electron chi connectivity index (χ1n) is 5.14. The monoisotopic (exact) mass is 222 g/mol. The van der Waals surface area contributed by atoms with Crippen molar-refractivity contribution in [3.8, 4) is 0 Å². The van der Waals surface area contributed by atoms with Crippen LogP contribution in [-0.4, -0.2) is 28.6 Å². The van der Waals surface area contributed by atoms with Gasteiger partial charge in [0, 0.05) is 17.7 Å². The number of nitrogens with two attached hydrogens (primary N) is 1. The Labute approximate surface area is 93.2 Å². The zero-order chi connectivity index (χ0) is 11.7. The summed E-state index contributed by atoms with van der Waals surface area (Å²) in [5.41, 5.74) is 7.17. The summed E-state index contributed by atoms with van der Waals surface area (Å²) in [5, 5.41) is 8.93. The lowest BCUT2D eigenvalue weighted by molar-refractivity contribution is -0.124. The molecule has 1 aliphatic rings. The summed E-state index contributed by atoms with van der Waals surface area (Å²) in [6.45, 7) is 1.56. The molecule has 1 aliphatic heterocycles. The quantitative estimate of drug-likeness (QED) is 0.754. The highest BCUT2D eigenvalue weighted by Crippen LogP contribution is 2.31. The van der Waals surface area contributed by atoms with E-state index in [9.17, 15) is 4.79 Å². The number of carbonyl (C=O) groups excluding carboxylic acids is 1. The maximum atomic E-state index is 11.4. The van der Waals surface area contributed by atoms with Crippen LogP contribution in [0.25, 0.3) is 0 Å². The Morgan fingerprint density at radius 1 is 1.62 bits per heavy atom. The van der Waals surface area contributed by atoms with Gasteiger partial charge in [-0.15, -0.1) is 0 Å². The second-order valence-electron chi connectivity index (χ2n) is 3.88. The average Bonchev–Trinajstić information content (AvgIpc) is 2.59. The lowest BCUT2D eigenvalue weighted by Crippen LogP contribution is -2.19. The number of nitrogens with zero attached hydrogens (tertiary/aromatic N) is 1. The van der Waals surface area contributed by atoms with E-state index in [1.807, 2.05) is 13.0 Å². The molecule has 3 N–H and O–H groups in total. The van der Waals surface area contributed by atoms with E-state index >= 15 is 0 Å². The van der Waals surface area contributed by atoms with Gasteiger partial charge in [-0.1, -0.05) is 6.07 Å². The van der Waals surface area contributed by atoms with E-state index < -0.39 is 6.10 Å². The first-order valence-corrected chi connectivity index (χ1v) is 5.14. The number of aryl methyl sites for hydroxylation is 1. The molecule has 1 fully saturated rings. The number of aromatic nitrogens is 1. The first-order chi connectivity index (χ1) is 7.61. The van der Waals surface area contributed by atoms with Crippen LogP contribution in [0.4, 0.5) is 5.82 Å². The molecule has 0 bridgehead atoms. The van der Waals surface area contributed by atoms with Gasteiger partial charge in [0.1, 0.15) is 11.9 Å². The normalized spacial score (nSPS) is 25.0. The lowest BCUT2D eigenvalue weighted by Gasteiger charge is -2.13. The average molecular weight is 222 g/mol. The van der Waals surface area contributed by atoms with Crippen LogP contribution in [0.1, 0.15) is 23.8 Å². The minimum atomic E-state index is -0.693. The molecule has 0 aromatic carbocycles. The minimum absolute atomic E-state index is 0.0660. The molecule has 0 amide bonds. The molecule has 2 atom stereocenters. The van der Waals surface area contributed by atoms with Gasteiger partial charge in [0.25, 0.3) is 0 Å². The maximum Gasteiger partial charge on any atom is 0.166 e. The van der Waals surface area contributed by atoms with Crippen molar-refractivity contribution < 1.29 is 14.6 Å². The zero-order valence-corrected chi connectivity index (χ0v) is 9.01. The second-order valence-corrected chi connectivity index (χ2v) is 3.88. The third-order valence-corrected chi connectivity index (χ3v) is 2.74. The number of hydrogen-bond donors (Lipinski definition) is 2.